The first-order chi connectivity index (χ1) is 30.1. The monoisotopic (exact) mass is 865 g/mol. The minimum Gasteiger partial charge on any atom is -0.508 e. The SMILES string of the molecule is CCn1c(-c2cnccc2COC)c2c3cc(ccc31)-c1cc(O)cc(c1)C[C@H](NC(=O)[C@H](C(C)C)N(C)C(=O)N1CC(OC)C1)C(=O)N1CCCC(C=O)(COCC(C)(C)C2)N1. The lowest BCUT2D eigenvalue weighted by Gasteiger charge is -2.43. The van der Waals surface area contributed by atoms with Crippen molar-refractivity contribution in [2.24, 2.45) is 11.3 Å². The number of rotatable bonds is 10. The van der Waals surface area contributed by atoms with Crippen LogP contribution in [0.3, 0.4) is 0 Å². The number of hydrazine groups is 1. The van der Waals surface area contributed by atoms with Gasteiger partial charge in [-0.25, -0.2) is 10.2 Å². The molecule has 15 nitrogen and oxygen atoms in total. The highest BCUT2D eigenvalue weighted by Crippen LogP contribution is 2.41. The number of aryl methyl sites for hydroxylation is 1. The lowest BCUT2D eigenvalue weighted by Crippen LogP contribution is -2.67. The maximum Gasteiger partial charge on any atom is 0.320 e. The number of pyridine rings is 1. The Kier molecular flexibility index (Phi) is 13.6. The van der Waals surface area contributed by atoms with Gasteiger partial charge in [0.15, 0.2) is 0 Å². The van der Waals surface area contributed by atoms with Crippen molar-refractivity contribution in [3.05, 3.63) is 71.5 Å². The van der Waals surface area contributed by atoms with E-state index in [-0.39, 0.29) is 36.8 Å². The third kappa shape index (κ3) is 9.47. The maximum absolute atomic E-state index is 14.8. The van der Waals surface area contributed by atoms with Crippen LogP contribution >= 0.6 is 0 Å². The highest BCUT2D eigenvalue weighted by Gasteiger charge is 2.42. The Morgan fingerprint density at radius 3 is 2.59 bits per heavy atom. The van der Waals surface area contributed by atoms with Gasteiger partial charge >= 0.3 is 6.03 Å². The predicted molar refractivity (Wildman–Crippen MR) is 240 cm³/mol. The first-order valence-electron chi connectivity index (χ1n) is 22.0. The number of aromatic nitrogens is 2. The van der Waals surface area contributed by atoms with Gasteiger partial charge in [0.2, 0.25) is 5.91 Å². The number of phenolic OH excluding ortho intramolecular Hbond substituents is 1. The number of aldehydes is 1. The van der Waals surface area contributed by atoms with Crippen LogP contribution in [0, 0.1) is 11.3 Å². The first-order valence-corrected chi connectivity index (χ1v) is 22.0. The van der Waals surface area contributed by atoms with E-state index in [1.807, 2.05) is 38.2 Å². The molecule has 0 radical (unpaired) electrons. The van der Waals surface area contributed by atoms with Gasteiger partial charge in [-0.2, -0.15) is 0 Å². The molecule has 338 valence electrons. The molecule has 4 amide bonds. The minimum absolute atomic E-state index is 0.00443. The van der Waals surface area contributed by atoms with Crippen LogP contribution in [0.1, 0.15) is 64.2 Å². The van der Waals surface area contributed by atoms with E-state index < -0.39 is 34.9 Å². The quantitative estimate of drug-likeness (QED) is 0.177. The topological polar surface area (TPSA) is 168 Å². The van der Waals surface area contributed by atoms with Crippen molar-refractivity contribution in [2.45, 2.75) is 97.2 Å². The van der Waals surface area contributed by atoms with Crippen LogP contribution < -0.4 is 10.7 Å². The Balaban J connectivity index is 1.33. The molecule has 1 unspecified atom stereocenters. The predicted octanol–water partition coefficient (Wildman–Crippen LogP) is 5.34. The molecule has 15 heteroatoms. The van der Waals surface area contributed by atoms with E-state index in [2.05, 4.69) is 53.2 Å². The molecule has 0 aliphatic carbocycles. The van der Waals surface area contributed by atoms with Crippen molar-refractivity contribution in [3.8, 4) is 28.1 Å². The van der Waals surface area contributed by atoms with Crippen LogP contribution in [0.25, 0.3) is 33.3 Å². The summed E-state index contributed by atoms with van der Waals surface area (Å²) in [4.78, 5) is 63.3. The number of likely N-dealkylation sites (tertiary alicyclic amines) is 1. The van der Waals surface area contributed by atoms with Crippen molar-refractivity contribution in [2.75, 3.05) is 54.1 Å². The zero-order valence-electron chi connectivity index (χ0n) is 37.9. The van der Waals surface area contributed by atoms with E-state index in [0.29, 0.717) is 64.2 Å². The van der Waals surface area contributed by atoms with Gasteiger partial charge in [0, 0.05) is 69.6 Å². The second-order valence-electron chi connectivity index (χ2n) is 18.6. The number of ether oxygens (including phenoxy) is 3. The summed E-state index contributed by atoms with van der Waals surface area (Å²) in [6.45, 7) is 12.7. The van der Waals surface area contributed by atoms with Crippen LogP contribution in [0.2, 0.25) is 0 Å². The largest absolute Gasteiger partial charge is 0.508 e. The van der Waals surface area contributed by atoms with E-state index in [1.165, 1.54) is 9.91 Å². The number of hydrogen-bond donors (Lipinski definition) is 3. The number of hydrogen-bond acceptors (Lipinski definition) is 10. The number of carbonyl (C=O) groups excluding carboxylic acids is 4. The molecule has 3 aliphatic heterocycles. The van der Waals surface area contributed by atoms with Crippen LogP contribution in [-0.4, -0.2) is 131 Å². The zero-order chi connectivity index (χ0) is 45.2. The van der Waals surface area contributed by atoms with Gasteiger partial charge in [-0.05, 0) is 95.7 Å². The van der Waals surface area contributed by atoms with E-state index in [0.717, 1.165) is 50.7 Å². The number of methoxy groups -OCH3 is 2. The van der Waals surface area contributed by atoms with Gasteiger partial charge in [-0.15, -0.1) is 0 Å². The number of amides is 4. The van der Waals surface area contributed by atoms with Gasteiger partial charge in [0.25, 0.3) is 5.91 Å². The van der Waals surface area contributed by atoms with Crippen LogP contribution in [0.5, 0.6) is 5.75 Å². The number of nitrogens with one attached hydrogen (secondary N) is 2. The van der Waals surface area contributed by atoms with Crippen LogP contribution in [0.4, 0.5) is 4.79 Å². The fourth-order valence-electron chi connectivity index (χ4n) is 9.55. The van der Waals surface area contributed by atoms with Gasteiger partial charge in [0.1, 0.15) is 29.7 Å². The molecule has 2 aromatic heterocycles. The van der Waals surface area contributed by atoms with E-state index in [9.17, 15) is 24.3 Å². The Morgan fingerprint density at radius 1 is 1.11 bits per heavy atom. The molecule has 3 aliphatic rings. The number of likely N-dealkylation sites (N-methyl/N-ethyl adjacent to an activating group) is 1. The average Bonchev–Trinajstić information content (AvgIpc) is 3.53. The molecule has 63 heavy (non-hydrogen) atoms. The molecule has 6 bridgehead atoms. The summed E-state index contributed by atoms with van der Waals surface area (Å²) in [6.07, 6.45) is 6.03. The zero-order valence-corrected chi connectivity index (χ0v) is 37.9. The van der Waals surface area contributed by atoms with E-state index in [1.54, 1.807) is 44.5 Å². The molecule has 5 heterocycles. The molecular formula is C48H63N7O8. The van der Waals surface area contributed by atoms with Gasteiger partial charge in [-0.1, -0.05) is 39.8 Å². The molecule has 7 rings (SSSR count). The number of aromatic hydroxyl groups is 1. The van der Waals surface area contributed by atoms with Crippen LogP contribution in [-0.2, 0) is 54.6 Å². The highest BCUT2D eigenvalue weighted by atomic mass is 16.5. The molecule has 2 saturated heterocycles. The maximum atomic E-state index is 14.8. The molecule has 0 spiro atoms. The Bertz CT molecular complexity index is 2340. The summed E-state index contributed by atoms with van der Waals surface area (Å²) in [7, 11) is 4.89. The summed E-state index contributed by atoms with van der Waals surface area (Å²) >= 11 is 0. The molecule has 4 aromatic rings. The lowest BCUT2D eigenvalue weighted by atomic mass is 9.84. The van der Waals surface area contributed by atoms with Crippen molar-refractivity contribution < 1.29 is 38.5 Å². The molecule has 2 aromatic carbocycles. The van der Waals surface area contributed by atoms with E-state index in [4.69, 9.17) is 14.2 Å². The first kappa shape index (κ1) is 45.7. The second-order valence-corrected chi connectivity index (χ2v) is 18.6. The van der Waals surface area contributed by atoms with Crippen molar-refractivity contribution >= 4 is 35.0 Å². The summed E-state index contributed by atoms with van der Waals surface area (Å²) in [5.74, 6) is -1.24. The molecule has 3 atom stereocenters. The van der Waals surface area contributed by atoms with Crippen molar-refractivity contribution in [1.82, 2.24) is 35.1 Å². The lowest BCUT2D eigenvalue weighted by molar-refractivity contribution is -0.147. The smallest absolute Gasteiger partial charge is 0.320 e. The standard InChI is InChI=1S/C48H63N7O8/c1-9-54-41-12-11-32-21-37(41)38(43(54)39-23-49-15-13-33(39)26-61-7)22-47(4,5)28-63-29-48(27-56)14-10-16-55(51-48)45(59)40(19-31-17-34(32)20-35(57)18-31)50-44(58)42(30(2)3)52(6)46(60)53-24-36(25-53)62-8/h11-13,15,17-18,20-21,23,27,30,36,40,42,51,57H,9-10,14,16,19,22,24-26,28-29H2,1-8H3,(H,50,58)/t40-,42-,48?/m0/s1. The fraction of sp³-hybridized carbons (Fsp3) is 0.521. The summed E-state index contributed by atoms with van der Waals surface area (Å²) in [6, 6.07) is 11.2. The average molecular weight is 866 g/mol. The van der Waals surface area contributed by atoms with Gasteiger partial charge in [0.05, 0.1) is 44.7 Å². The summed E-state index contributed by atoms with van der Waals surface area (Å²) in [5.41, 5.74) is 9.00. The number of nitrogens with zero attached hydrogens (tertiary/aromatic N) is 5. The van der Waals surface area contributed by atoms with Gasteiger partial charge < -0.3 is 43.8 Å². The minimum atomic E-state index is -1.20. The van der Waals surface area contributed by atoms with E-state index >= 15 is 0 Å². The summed E-state index contributed by atoms with van der Waals surface area (Å²) in [5, 5.41) is 16.8. The number of fused-ring (bicyclic) bond motifs is 6. The number of urea groups is 1. The van der Waals surface area contributed by atoms with Crippen molar-refractivity contribution in [1.29, 1.82) is 0 Å². The number of benzene rings is 2. The fourth-order valence-corrected chi connectivity index (χ4v) is 9.55. The second kappa shape index (κ2) is 18.8. The molecule has 0 saturated carbocycles. The van der Waals surface area contributed by atoms with Crippen LogP contribution in [0.15, 0.2) is 54.9 Å². The highest BCUT2D eigenvalue weighted by molar-refractivity contribution is 5.96. The normalized spacial score (nSPS) is 21.2. The third-order valence-electron chi connectivity index (χ3n) is 12.7. The molecule has 2 fully saturated rings. The number of phenols is 1. The third-order valence-corrected chi connectivity index (χ3v) is 12.7. The Labute approximate surface area is 370 Å². The number of carbonyl (C=O) groups is 4. The summed E-state index contributed by atoms with van der Waals surface area (Å²) < 4.78 is 19.8. The Hall–Kier alpha value is -5.35. The van der Waals surface area contributed by atoms with Gasteiger partial charge in [-0.3, -0.25) is 19.6 Å². The Morgan fingerprint density at radius 2 is 1.89 bits per heavy atom. The molecular weight excluding hydrogens is 803 g/mol. The molecule has 3 N–H and O–H groups in total. The van der Waals surface area contributed by atoms with Crippen molar-refractivity contribution in [3.63, 3.8) is 0 Å².